The molecule has 2 rings (SSSR count). The van der Waals surface area contributed by atoms with E-state index in [1.807, 2.05) is 0 Å². The van der Waals surface area contributed by atoms with Crippen molar-refractivity contribution in [3.63, 3.8) is 0 Å². The van der Waals surface area contributed by atoms with Crippen molar-refractivity contribution in [3.8, 4) is 0 Å². The molecule has 0 unspecified atom stereocenters. The Labute approximate surface area is 97.4 Å². The van der Waals surface area contributed by atoms with Crippen LogP contribution in [-0.4, -0.2) is 38.7 Å². The van der Waals surface area contributed by atoms with Crippen molar-refractivity contribution in [1.29, 1.82) is 0 Å². The van der Waals surface area contributed by atoms with Crippen LogP contribution in [0.2, 0.25) is 0 Å². The van der Waals surface area contributed by atoms with Crippen LogP contribution in [-0.2, 0) is 0 Å². The Morgan fingerprint density at radius 1 is 1.53 bits per heavy atom. The number of rotatable bonds is 4. The van der Waals surface area contributed by atoms with Gasteiger partial charge in [-0.1, -0.05) is 12.1 Å². The molecule has 7 heteroatoms. The predicted octanol–water partition coefficient (Wildman–Crippen LogP) is 1.48. The minimum atomic E-state index is -1.30. The van der Waals surface area contributed by atoms with Crippen LogP contribution in [0.15, 0.2) is 4.52 Å². The van der Waals surface area contributed by atoms with Crippen molar-refractivity contribution in [2.75, 3.05) is 6.54 Å². The first-order chi connectivity index (χ1) is 8.13. The molecular formula is C10H13N3O4. The average Bonchev–Trinajstić information content (AvgIpc) is 3.03. The lowest BCUT2D eigenvalue weighted by Gasteiger charge is -2.13. The van der Waals surface area contributed by atoms with Crippen LogP contribution in [0.3, 0.4) is 0 Å². The fraction of sp³-hybridized carbons (Fsp3) is 0.600. The Balaban J connectivity index is 2.12. The van der Waals surface area contributed by atoms with Gasteiger partial charge in [0.1, 0.15) is 0 Å². The van der Waals surface area contributed by atoms with Gasteiger partial charge in [-0.05, 0) is 19.3 Å². The molecule has 0 bridgehead atoms. The average molecular weight is 239 g/mol. The van der Waals surface area contributed by atoms with Gasteiger partial charge in [-0.15, -0.1) is 0 Å². The number of hydrogen-bond acceptors (Lipinski definition) is 5. The predicted molar refractivity (Wildman–Crippen MR) is 55.6 cm³/mol. The van der Waals surface area contributed by atoms with Gasteiger partial charge >= 0.3 is 17.9 Å². The maximum absolute atomic E-state index is 11.8. The molecule has 1 N–H and O–H groups in total. The molecule has 0 aromatic carbocycles. The van der Waals surface area contributed by atoms with Crippen molar-refractivity contribution in [2.24, 2.45) is 0 Å². The standard InChI is InChI=1S/C10H13N3O4/c1-2-5-13(10(15)16)9(14)8-11-7(12-17-8)6-3-4-6/h6H,2-5H2,1H3,(H,15,16). The van der Waals surface area contributed by atoms with Crippen molar-refractivity contribution in [2.45, 2.75) is 32.1 Å². The van der Waals surface area contributed by atoms with Crippen molar-refractivity contribution < 1.29 is 19.2 Å². The minimum Gasteiger partial charge on any atom is -0.465 e. The highest BCUT2D eigenvalue weighted by atomic mass is 16.5. The summed E-state index contributed by atoms with van der Waals surface area (Å²) in [5.74, 6) is -0.235. The zero-order valence-electron chi connectivity index (χ0n) is 9.42. The summed E-state index contributed by atoms with van der Waals surface area (Å²) in [6.45, 7) is 1.90. The van der Waals surface area contributed by atoms with Crippen LogP contribution < -0.4 is 0 Å². The lowest BCUT2D eigenvalue weighted by Crippen LogP contribution is -2.36. The lowest BCUT2D eigenvalue weighted by atomic mass is 10.4. The summed E-state index contributed by atoms with van der Waals surface area (Å²) in [7, 11) is 0. The van der Waals surface area contributed by atoms with E-state index < -0.39 is 12.0 Å². The number of carboxylic acid groups (broad SMARTS) is 1. The second kappa shape index (κ2) is 4.52. The summed E-state index contributed by atoms with van der Waals surface area (Å²) < 4.78 is 4.79. The summed E-state index contributed by atoms with van der Waals surface area (Å²) in [4.78, 5) is 27.3. The molecule has 1 aromatic rings. The molecule has 92 valence electrons. The van der Waals surface area contributed by atoms with E-state index in [2.05, 4.69) is 10.1 Å². The Morgan fingerprint density at radius 3 is 2.76 bits per heavy atom. The first-order valence-electron chi connectivity index (χ1n) is 5.52. The molecule has 0 saturated heterocycles. The summed E-state index contributed by atoms with van der Waals surface area (Å²) >= 11 is 0. The monoisotopic (exact) mass is 239 g/mol. The van der Waals surface area contributed by atoms with Gasteiger partial charge in [0.05, 0.1) is 0 Å². The summed E-state index contributed by atoms with van der Waals surface area (Å²) in [6, 6.07) is 0. The normalized spacial score (nSPS) is 14.6. The highest BCUT2D eigenvalue weighted by Crippen LogP contribution is 2.38. The Kier molecular flexibility index (Phi) is 3.08. The Morgan fingerprint density at radius 2 is 2.24 bits per heavy atom. The van der Waals surface area contributed by atoms with Gasteiger partial charge in [-0.25, -0.2) is 9.69 Å². The SMILES string of the molecule is CCCN(C(=O)O)C(=O)c1nc(C2CC2)no1. The number of aromatic nitrogens is 2. The number of imide groups is 1. The molecule has 2 amide bonds. The maximum atomic E-state index is 11.8. The number of carbonyl (C=O) groups excluding carboxylic acids is 1. The van der Waals surface area contributed by atoms with Gasteiger partial charge in [0.2, 0.25) is 0 Å². The molecule has 0 radical (unpaired) electrons. The summed E-state index contributed by atoms with van der Waals surface area (Å²) in [5, 5.41) is 12.6. The third-order valence-electron chi connectivity index (χ3n) is 2.49. The van der Waals surface area contributed by atoms with Crippen LogP contribution in [0, 0.1) is 0 Å². The summed E-state index contributed by atoms with van der Waals surface area (Å²) in [6.07, 6.45) is 1.22. The van der Waals surface area contributed by atoms with E-state index in [-0.39, 0.29) is 18.4 Å². The molecule has 1 heterocycles. The molecular weight excluding hydrogens is 226 g/mol. The molecule has 1 aliphatic rings. The fourth-order valence-corrected chi connectivity index (χ4v) is 1.45. The van der Waals surface area contributed by atoms with E-state index in [1.54, 1.807) is 6.92 Å². The van der Waals surface area contributed by atoms with E-state index in [4.69, 9.17) is 9.63 Å². The first-order valence-corrected chi connectivity index (χ1v) is 5.52. The van der Waals surface area contributed by atoms with E-state index >= 15 is 0 Å². The zero-order chi connectivity index (χ0) is 12.4. The molecule has 1 fully saturated rings. The largest absolute Gasteiger partial charge is 0.465 e. The lowest BCUT2D eigenvalue weighted by molar-refractivity contribution is 0.0695. The van der Waals surface area contributed by atoms with Crippen LogP contribution in [0.5, 0.6) is 0 Å². The quantitative estimate of drug-likeness (QED) is 0.854. The smallest absolute Gasteiger partial charge is 0.414 e. The van der Waals surface area contributed by atoms with Crippen LogP contribution in [0.1, 0.15) is 48.6 Å². The number of carbonyl (C=O) groups is 2. The van der Waals surface area contributed by atoms with Gasteiger partial charge < -0.3 is 9.63 Å². The number of amides is 2. The molecule has 0 spiro atoms. The molecule has 17 heavy (non-hydrogen) atoms. The molecule has 1 saturated carbocycles. The van der Waals surface area contributed by atoms with Gasteiger partial charge in [0.25, 0.3) is 0 Å². The highest BCUT2D eigenvalue weighted by molar-refractivity contribution is 5.99. The van der Waals surface area contributed by atoms with Gasteiger partial charge in [-0.2, -0.15) is 4.98 Å². The molecule has 7 nitrogen and oxygen atoms in total. The summed E-state index contributed by atoms with van der Waals surface area (Å²) in [5.41, 5.74) is 0. The molecule has 0 aliphatic heterocycles. The zero-order valence-corrected chi connectivity index (χ0v) is 9.42. The first kappa shape index (κ1) is 11.6. The third-order valence-corrected chi connectivity index (χ3v) is 2.49. The van der Waals surface area contributed by atoms with Crippen LogP contribution in [0.25, 0.3) is 0 Å². The topological polar surface area (TPSA) is 96.5 Å². The van der Waals surface area contributed by atoms with Crippen molar-refractivity contribution in [3.05, 3.63) is 11.7 Å². The Bertz CT molecular complexity index is 439. The second-order valence-electron chi connectivity index (χ2n) is 3.97. The van der Waals surface area contributed by atoms with E-state index in [1.165, 1.54) is 0 Å². The second-order valence-corrected chi connectivity index (χ2v) is 3.97. The van der Waals surface area contributed by atoms with Crippen LogP contribution >= 0.6 is 0 Å². The van der Waals surface area contributed by atoms with Gasteiger partial charge in [-0.3, -0.25) is 4.79 Å². The van der Waals surface area contributed by atoms with Crippen LogP contribution in [0.4, 0.5) is 4.79 Å². The number of nitrogens with zero attached hydrogens (tertiary/aromatic N) is 3. The maximum Gasteiger partial charge on any atom is 0.414 e. The van der Waals surface area contributed by atoms with E-state index in [0.717, 1.165) is 12.8 Å². The molecule has 1 aromatic heterocycles. The minimum absolute atomic E-state index is 0.120. The molecule has 0 atom stereocenters. The third kappa shape index (κ3) is 2.43. The highest BCUT2D eigenvalue weighted by Gasteiger charge is 2.32. The Hall–Kier alpha value is -1.92. The van der Waals surface area contributed by atoms with E-state index in [9.17, 15) is 9.59 Å². The number of hydrogen-bond donors (Lipinski definition) is 1. The molecule has 1 aliphatic carbocycles. The fourth-order valence-electron chi connectivity index (χ4n) is 1.45. The van der Waals surface area contributed by atoms with Gasteiger partial charge in [0.15, 0.2) is 5.82 Å². The van der Waals surface area contributed by atoms with E-state index in [0.29, 0.717) is 17.1 Å². The van der Waals surface area contributed by atoms with Crippen molar-refractivity contribution >= 4 is 12.0 Å². The van der Waals surface area contributed by atoms with Crippen molar-refractivity contribution in [1.82, 2.24) is 15.0 Å². The van der Waals surface area contributed by atoms with Gasteiger partial charge in [0, 0.05) is 12.5 Å².